The van der Waals surface area contributed by atoms with Crippen molar-refractivity contribution >= 4 is 35.8 Å². The van der Waals surface area contributed by atoms with Gasteiger partial charge >= 0.3 is 0 Å². The molecule has 1 amide bonds. The van der Waals surface area contributed by atoms with E-state index in [2.05, 4.69) is 33.8 Å². The fourth-order valence-electron chi connectivity index (χ4n) is 4.86. The highest BCUT2D eigenvalue weighted by Gasteiger charge is 2.43. The molecule has 2 aromatic carbocycles. The molecule has 2 aromatic rings. The van der Waals surface area contributed by atoms with Gasteiger partial charge in [-0.25, -0.2) is 0 Å². The van der Waals surface area contributed by atoms with Gasteiger partial charge in [-0.15, -0.1) is 24.0 Å². The molecule has 4 rings (SSSR count). The van der Waals surface area contributed by atoms with Crippen molar-refractivity contribution in [3.63, 3.8) is 0 Å². The lowest BCUT2D eigenvalue weighted by Gasteiger charge is -2.40. The Balaban J connectivity index is 0.00000306. The molecule has 6 nitrogen and oxygen atoms in total. The van der Waals surface area contributed by atoms with Crippen molar-refractivity contribution in [1.29, 1.82) is 0 Å². The molecule has 0 radical (unpaired) electrons. The van der Waals surface area contributed by atoms with Crippen LogP contribution in [0.15, 0.2) is 59.6 Å². The Morgan fingerprint density at radius 2 is 1.82 bits per heavy atom. The molecule has 2 aliphatic rings. The van der Waals surface area contributed by atoms with Gasteiger partial charge in [-0.05, 0) is 37.3 Å². The number of fused-ring (bicyclic) bond motifs is 1. The fraction of sp³-hybridized carbons (Fsp3) is 0.462. The van der Waals surface area contributed by atoms with Gasteiger partial charge in [0.15, 0.2) is 5.96 Å². The highest BCUT2D eigenvalue weighted by atomic mass is 127. The van der Waals surface area contributed by atoms with Crippen LogP contribution >= 0.6 is 24.0 Å². The first-order valence-corrected chi connectivity index (χ1v) is 11.6. The van der Waals surface area contributed by atoms with Crippen molar-refractivity contribution in [3.8, 4) is 5.75 Å². The predicted molar refractivity (Wildman–Crippen MR) is 143 cm³/mol. The summed E-state index contributed by atoms with van der Waals surface area (Å²) in [5, 5.41) is 6.92. The van der Waals surface area contributed by atoms with Crippen LogP contribution in [0.4, 0.5) is 0 Å². The molecule has 1 heterocycles. The average Bonchev–Trinajstić information content (AvgIpc) is 3.26. The smallest absolute Gasteiger partial charge is 0.224 e. The number of para-hydroxylation sites is 1. The van der Waals surface area contributed by atoms with Gasteiger partial charge in [0, 0.05) is 45.6 Å². The molecule has 7 heteroatoms. The number of benzene rings is 2. The van der Waals surface area contributed by atoms with Crippen molar-refractivity contribution in [1.82, 2.24) is 15.5 Å². The van der Waals surface area contributed by atoms with Crippen LogP contribution in [0.1, 0.15) is 55.7 Å². The third-order valence-corrected chi connectivity index (χ3v) is 6.57. The summed E-state index contributed by atoms with van der Waals surface area (Å²) in [5.74, 6) is 1.81. The summed E-state index contributed by atoms with van der Waals surface area (Å²) in [4.78, 5) is 18.7. The van der Waals surface area contributed by atoms with Crippen LogP contribution in [-0.4, -0.2) is 43.0 Å². The molecule has 1 unspecified atom stereocenters. The van der Waals surface area contributed by atoms with Gasteiger partial charge in [0.05, 0.1) is 6.04 Å². The number of hydrogen-bond acceptors (Lipinski definition) is 3. The maximum Gasteiger partial charge on any atom is 0.224 e. The normalized spacial score (nSPS) is 18.6. The number of nitrogens with one attached hydrogen (secondary N) is 2. The quantitative estimate of drug-likeness (QED) is 0.306. The van der Waals surface area contributed by atoms with E-state index in [4.69, 9.17) is 4.74 Å². The van der Waals surface area contributed by atoms with Crippen molar-refractivity contribution in [3.05, 3.63) is 65.7 Å². The van der Waals surface area contributed by atoms with E-state index >= 15 is 0 Å². The highest BCUT2D eigenvalue weighted by molar-refractivity contribution is 14.0. The van der Waals surface area contributed by atoms with Gasteiger partial charge in [0.1, 0.15) is 11.4 Å². The summed E-state index contributed by atoms with van der Waals surface area (Å²) in [6.07, 6.45) is 6.00. The molecule has 0 aromatic heterocycles. The number of nitrogens with zero attached hydrogens (tertiary/aromatic N) is 2. The van der Waals surface area contributed by atoms with Crippen LogP contribution in [0, 0.1) is 0 Å². The minimum Gasteiger partial charge on any atom is -0.487 e. The Labute approximate surface area is 214 Å². The molecule has 1 saturated carbocycles. The van der Waals surface area contributed by atoms with Crippen LogP contribution < -0.4 is 15.4 Å². The largest absolute Gasteiger partial charge is 0.487 e. The summed E-state index contributed by atoms with van der Waals surface area (Å²) < 4.78 is 6.46. The van der Waals surface area contributed by atoms with E-state index < -0.39 is 0 Å². The highest BCUT2D eigenvalue weighted by Crippen LogP contribution is 2.46. The van der Waals surface area contributed by atoms with E-state index in [1.165, 1.54) is 18.4 Å². The van der Waals surface area contributed by atoms with Gasteiger partial charge in [-0.2, -0.15) is 0 Å². The third-order valence-electron chi connectivity index (χ3n) is 6.57. The van der Waals surface area contributed by atoms with Gasteiger partial charge in [0.2, 0.25) is 5.91 Å². The first-order valence-electron chi connectivity index (χ1n) is 11.6. The standard InChI is InChI=1S/C26H34N4O2.HI/c1-27-25(28-17-14-24(31)30(2)19-20-10-4-3-5-11-20)29-22-18-26(15-8-9-16-26)32-23-13-7-6-12-21(22)23;/h3-7,10-13,22H,8-9,14-19H2,1-2H3,(H2,27,28,29);1H. The first-order chi connectivity index (χ1) is 15.6. The fourth-order valence-corrected chi connectivity index (χ4v) is 4.86. The van der Waals surface area contributed by atoms with Crippen molar-refractivity contribution in [2.75, 3.05) is 20.6 Å². The SMILES string of the molecule is CN=C(NCCC(=O)N(C)Cc1ccccc1)NC1CC2(CCCC2)Oc2ccccc21.I. The topological polar surface area (TPSA) is 66.0 Å². The van der Waals surface area contributed by atoms with Gasteiger partial charge < -0.3 is 20.3 Å². The Hall–Kier alpha value is -2.29. The third kappa shape index (κ3) is 6.40. The molecule has 33 heavy (non-hydrogen) atoms. The van der Waals surface area contributed by atoms with Gasteiger partial charge in [-0.3, -0.25) is 9.79 Å². The molecule has 2 N–H and O–H groups in total. The molecule has 1 aliphatic carbocycles. The predicted octanol–water partition coefficient (Wildman–Crippen LogP) is 4.65. The lowest BCUT2D eigenvalue weighted by molar-refractivity contribution is -0.130. The molecule has 0 saturated heterocycles. The van der Waals surface area contributed by atoms with E-state index in [1.54, 1.807) is 11.9 Å². The van der Waals surface area contributed by atoms with Crippen LogP contribution in [0.5, 0.6) is 5.75 Å². The van der Waals surface area contributed by atoms with E-state index in [9.17, 15) is 4.79 Å². The Kier molecular flexibility index (Phi) is 9.00. The van der Waals surface area contributed by atoms with Crippen LogP contribution in [0.25, 0.3) is 0 Å². The zero-order valence-corrected chi connectivity index (χ0v) is 21.9. The van der Waals surface area contributed by atoms with E-state index in [0.29, 0.717) is 19.5 Å². The zero-order chi connectivity index (χ0) is 22.4. The second-order valence-electron chi connectivity index (χ2n) is 8.92. The maximum absolute atomic E-state index is 12.5. The maximum atomic E-state index is 12.5. The average molecular weight is 562 g/mol. The van der Waals surface area contributed by atoms with Crippen LogP contribution in [0.2, 0.25) is 0 Å². The minimum absolute atomic E-state index is 0. The molecule has 178 valence electrons. The van der Waals surface area contributed by atoms with E-state index in [-0.39, 0.29) is 41.5 Å². The summed E-state index contributed by atoms with van der Waals surface area (Å²) in [6, 6.07) is 18.5. The van der Waals surface area contributed by atoms with E-state index in [1.807, 2.05) is 43.4 Å². The Morgan fingerprint density at radius 1 is 1.12 bits per heavy atom. The second kappa shape index (κ2) is 11.7. The van der Waals surface area contributed by atoms with Crippen molar-refractivity contribution in [2.24, 2.45) is 4.99 Å². The number of aliphatic imine (C=N–C) groups is 1. The minimum atomic E-state index is -0.0685. The Morgan fingerprint density at radius 3 is 2.55 bits per heavy atom. The number of rotatable bonds is 6. The lowest BCUT2D eigenvalue weighted by atomic mass is 9.86. The molecule has 1 spiro atoms. The monoisotopic (exact) mass is 562 g/mol. The summed E-state index contributed by atoms with van der Waals surface area (Å²) in [7, 11) is 3.62. The first kappa shape index (κ1) is 25.3. The molecular weight excluding hydrogens is 527 g/mol. The number of amides is 1. The van der Waals surface area contributed by atoms with Gasteiger partial charge in [0.25, 0.3) is 0 Å². The summed E-state index contributed by atoms with van der Waals surface area (Å²) in [6.45, 7) is 1.15. The van der Waals surface area contributed by atoms with Crippen molar-refractivity contribution < 1.29 is 9.53 Å². The van der Waals surface area contributed by atoms with Gasteiger partial charge in [-0.1, -0.05) is 48.5 Å². The number of ether oxygens (including phenoxy) is 1. The van der Waals surface area contributed by atoms with Crippen molar-refractivity contribution in [2.45, 2.75) is 56.7 Å². The number of carbonyl (C=O) groups is 1. The molecule has 1 aliphatic heterocycles. The molecule has 0 bridgehead atoms. The summed E-state index contributed by atoms with van der Waals surface area (Å²) >= 11 is 0. The number of guanidine groups is 1. The number of hydrogen-bond donors (Lipinski definition) is 2. The molecule has 1 fully saturated rings. The summed E-state index contributed by atoms with van der Waals surface area (Å²) in [5.41, 5.74) is 2.24. The number of halogens is 1. The van der Waals surface area contributed by atoms with Crippen LogP contribution in [-0.2, 0) is 11.3 Å². The molecule has 1 atom stereocenters. The second-order valence-corrected chi connectivity index (χ2v) is 8.92. The Bertz CT molecular complexity index is 944. The zero-order valence-electron chi connectivity index (χ0n) is 19.5. The molecular formula is C26H35IN4O2. The van der Waals surface area contributed by atoms with E-state index in [0.717, 1.165) is 36.5 Å². The number of carbonyl (C=O) groups excluding carboxylic acids is 1. The van der Waals surface area contributed by atoms with Crippen LogP contribution in [0.3, 0.4) is 0 Å². The lowest BCUT2D eigenvalue weighted by Crippen LogP contribution is -2.47.